The number of carboxylic acid groups (broad SMARTS) is 1. The Morgan fingerprint density at radius 1 is 1.08 bits per heavy atom. The predicted molar refractivity (Wildman–Crippen MR) is 95.6 cm³/mol. The summed E-state index contributed by atoms with van der Waals surface area (Å²) in [7, 11) is 5.49. The molecule has 0 bridgehead atoms. The first-order chi connectivity index (χ1) is 11.7. The van der Waals surface area contributed by atoms with Gasteiger partial charge in [-0.05, 0) is 16.7 Å². The number of hydrogen-bond donors (Lipinski definition) is 3. The van der Waals surface area contributed by atoms with Crippen LogP contribution in [0.2, 0.25) is 0 Å². The van der Waals surface area contributed by atoms with Crippen LogP contribution in [-0.4, -0.2) is 59.4 Å². The molecule has 0 saturated heterocycles. The largest absolute Gasteiger partial charge is 0.481 e. The summed E-state index contributed by atoms with van der Waals surface area (Å²) in [5, 5.41) is 14.0. The Kier molecular flexibility index (Phi) is 16.5. The van der Waals surface area contributed by atoms with E-state index in [0.717, 1.165) is 0 Å². The summed E-state index contributed by atoms with van der Waals surface area (Å²) in [6.45, 7) is 2.70. The second-order valence-electron chi connectivity index (χ2n) is 4.53. The van der Waals surface area contributed by atoms with Crippen LogP contribution in [0.3, 0.4) is 0 Å². The number of ketones is 1. The number of hydrogen-bond acceptors (Lipinski definition) is 9. The first kappa shape index (κ1) is 25.7. The van der Waals surface area contributed by atoms with Gasteiger partial charge in [0.1, 0.15) is 11.8 Å². The molecule has 9 nitrogen and oxygen atoms in total. The first-order valence-corrected chi connectivity index (χ1v) is 10.6. The van der Waals surface area contributed by atoms with Crippen LogP contribution < -0.4 is 10.6 Å². The van der Waals surface area contributed by atoms with E-state index in [1.54, 1.807) is 0 Å². The molecule has 3 N–H and O–H groups in total. The molecule has 0 aromatic carbocycles. The van der Waals surface area contributed by atoms with Gasteiger partial charge < -0.3 is 20.5 Å². The number of nitrogens with one attached hydrogen (secondary N) is 2. The second-order valence-corrected chi connectivity index (χ2v) is 8.85. The normalized spacial score (nSPS) is 11.8. The van der Waals surface area contributed by atoms with Crippen molar-refractivity contribution in [3.63, 3.8) is 0 Å². The van der Waals surface area contributed by atoms with Crippen LogP contribution in [0.5, 0.6) is 0 Å². The lowest BCUT2D eigenvalue weighted by molar-refractivity contribution is -0.191. The van der Waals surface area contributed by atoms with Crippen molar-refractivity contribution < 1.29 is 33.9 Å². The number of Topliss-reactive ketones (excluding diaryl/α,β-unsaturated/α-hetero) is 1. The molecule has 0 spiro atoms. The maximum absolute atomic E-state index is 11.6. The van der Waals surface area contributed by atoms with Gasteiger partial charge in [-0.25, -0.2) is 0 Å². The first-order valence-electron chi connectivity index (χ1n) is 6.80. The van der Waals surface area contributed by atoms with Gasteiger partial charge >= 0.3 is 12.1 Å². The zero-order chi connectivity index (χ0) is 19.8. The van der Waals surface area contributed by atoms with Gasteiger partial charge in [0.25, 0.3) is 0 Å². The molecule has 0 aliphatic rings. The molecule has 0 saturated carbocycles. The number of carboxylic acids is 1. The molecule has 12 heteroatoms. The van der Waals surface area contributed by atoms with Gasteiger partial charge in [0.2, 0.25) is 11.8 Å². The molecule has 142 valence electrons. The number of aliphatic carboxylic acids is 1. The fourth-order valence-electron chi connectivity index (χ4n) is 1.41. The van der Waals surface area contributed by atoms with Gasteiger partial charge in [-0.15, -0.1) is 0 Å². The average Bonchev–Trinajstić information content (AvgIpc) is 2.51. The summed E-state index contributed by atoms with van der Waals surface area (Å²) < 4.78 is 0. The van der Waals surface area contributed by atoms with Crippen molar-refractivity contribution in [1.29, 1.82) is 0 Å². The van der Waals surface area contributed by atoms with E-state index >= 15 is 0 Å². The quantitative estimate of drug-likeness (QED) is 0.321. The molecule has 0 aromatic heterocycles. The highest BCUT2D eigenvalue weighted by atomic mass is 33.5. The molecule has 0 unspecified atom stereocenters. The number of carbonyl (C=O) groups is 4. The van der Waals surface area contributed by atoms with Gasteiger partial charge in [0.15, 0.2) is 0 Å². The van der Waals surface area contributed by atoms with Crippen LogP contribution in [0.4, 0.5) is 0 Å². The topological polar surface area (TPSA) is 147 Å². The summed E-state index contributed by atoms with van der Waals surface area (Å²) in [5.74, 6) is -1.77. The van der Waals surface area contributed by atoms with Crippen molar-refractivity contribution in [3.05, 3.63) is 0 Å². The van der Waals surface area contributed by atoms with Gasteiger partial charge in [0.05, 0.1) is 5.92 Å². The minimum absolute atomic E-state index is 0.0142. The molecule has 0 rings (SSSR count). The monoisotopic (exact) mass is 412 g/mol. The summed E-state index contributed by atoms with van der Waals surface area (Å²) in [4.78, 5) is 60.8. The third kappa shape index (κ3) is 15.8. The van der Waals surface area contributed by atoms with Crippen LogP contribution in [0, 0.1) is 5.92 Å². The Bertz CT molecular complexity index is 496. The zero-order valence-electron chi connectivity index (χ0n) is 13.9. The zero-order valence-corrected chi connectivity index (χ0v) is 16.3. The van der Waals surface area contributed by atoms with Crippen LogP contribution in [0.25, 0.3) is 0 Å². The smallest absolute Gasteiger partial charge is 0.373 e. The predicted octanol–water partition coefficient (Wildman–Crippen LogP) is 0.363. The van der Waals surface area contributed by atoms with Gasteiger partial charge in [0, 0.05) is 31.9 Å². The van der Waals surface area contributed by atoms with E-state index in [-0.39, 0.29) is 30.2 Å². The molecule has 0 heterocycles. The lowest BCUT2D eigenvalue weighted by Crippen LogP contribution is -2.46. The molecule has 0 aromatic rings. The number of rotatable bonds is 11. The van der Waals surface area contributed by atoms with Crippen LogP contribution in [-0.2, 0) is 28.8 Å². The number of likely N-dealkylation sites (N-methyl/N-ethyl adjacent to an activating group) is 1. The van der Waals surface area contributed by atoms with E-state index < -0.39 is 17.9 Å². The number of carbonyl (C=O) groups excluding carboxylic acids is 5. The van der Waals surface area contributed by atoms with E-state index in [1.807, 2.05) is 0 Å². The fourth-order valence-corrected chi connectivity index (χ4v) is 5.43. The molecule has 2 amide bonds. The van der Waals surface area contributed by atoms with Gasteiger partial charge in [-0.1, -0.05) is 21.6 Å². The average molecular weight is 413 g/mol. The highest BCUT2D eigenvalue weighted by Crippen LogP contribution is 2.36. The molecule has 0 aliphatic heterocycles. The summed E-state index contributed by atoms with van der Waals surface area (Å²) in [5.41, 5.74) is 0. The summed E-state index contributed by atoms with van der Waals surface area (Å²) >= 11 is 0. The van der Waals surface area contributed by atoms with Crippen molar-refractivity contribution >= 4 is 61.1 Å². The molecular weight excluding hydrogens is 392 g/mol. The van der Waals surface area contributed by atoms with Crippen molar-refractivity contribution in [2.75, 3.05) is 18.6 Å². The molecule has 2 atom stereocenters. The second kappa shape index (κ2) is 16.0. The van der Waals surface area contributed by atoms with Crippen molar-refractivity contribution in [2.24, 2.45) is 5.92 Å². The number of amides is 2. The Morgan fingerprint density at radius 3 is 2.00 bits per heavy atom. The third-order valence-corrected chi connectivity index (χ3v) is 6.75. The SMILES string of the molecule is CNC(=O)[C@H](CSSSC[C@H](CC(C)=O)C(=O)O)NC(C)=O.O=C=O. The standard InChI is InChI=1S/C12H20N2O5S3.CO2/c1-7(15)4-9(12(18)19)5-20-22-21-6-10(11(17)13-3)14-8(2)16;2-1-3/h9-10H,4-6H2,1-3H3,(H,13,17)(H,14,16)(H,18,19);/t9-,10-;/m0./s1. The van der Waals surface area contributed by atoms with Crippen LogP contribution >= 0.6 is 31.4 Å². The molecular formula is C13H20N2O7S3. The molecule has 25 heavy (non-hydrogen) atoms. The maximum atomic E-state index is 11.6. The Morgan fingerprint density at radius 2 is 1.60 bits per heavy atom. The molecule has 0 radical (unpaired) electrons. The highest BCUT2D eigenvalue weighted by Gasteiger charge is 2.21. The minimum Gasteiger partial charge on any atom is -0.481 e. The molecule has 0 fully saturated rings. The Hall–Kier alpha value is -1.49. The van der Waals surface area contributed by atoms with Crippen molar-refractivity contribution in [2.45, 2.75) is 26.3 Å². The minimum atomic E-state index is -0.991. The van der Waals surface area contributed by atoms with Gasteiger partial charge in [-0.2, -0.15) is 9.59 Å². The van der Waals surface area contributed by atoms with Crippen LogP contribution in [0.15, 0.2) is 0 Å². The van der Waals surface area contributed by atoms with E-state index in [4.69, 9.17) is 14.7 Å². The van der Waals surface area contributed by atoms with E-state index in [2.05, 4.69) is 10.6 Å². The van der Waals surface area contributed by atoms with E-state index in [0.29, 0.717) is 11.5 Å². The maximum Gasteiger partial charge on any atom is 0.373 e. The van der Waals surface area contributed by atoms with Gasteiger partial charge in [-0.3, -0.25) is 14.4 Å². The van der Waals surface area contributed by atoms with E-state index in [9.17, 15) is 19.2 Å². The fraction of sp³-hybridized carbons (Fsp3) is 0.615. The van der Waals surface area contributed by atoms with Crippen molar-refractivity contribution in [3.8, 4) is 0 Å². The third-order valence-electron chi connectivity index (χ3n) is 2.42. The summed E-state index contributed by atoms with van der Waals surface area (Å²) in [6, 6.07) is -0.631. The molecule has 0 aliphatic carbocycles. The Labute approximate surface area is 156 Å². The van der Waals surface area contributed by atoms with Crippen molar-refractivity contribution in [1.82, 2.24) is 10.6 Å². The highest BCUT2D eigenvalue weighted by molar-refractivity contribution is 9.09. The van der Waals surface area contributed by atoms with E-state index in [1.165, 1.54) is 52.3 Å². The lowest BCUT2D eigenvalue weighted by Gasteiger charge is -2.15. The summed E-state index contributed by atoms with van der Waals surface area (Å²) in [6.07, 6.45) is 0.264. The lowest BCUT2D eigenvalue weighted by atomic mass is 10.1. The Balaban J connectivity index is 0. The van der Waals surface area contributed by atoms with Crippen LogP contribution in [0.1, 0.15) is 20.3 Å².